The molecule has 0 aromatic heterocycles. The third-order valence-corrected chi connectivity index (χ3v) is 2.03. The highest BCUT2D eigenvalue weighted by atomic mass is 19.4. The van der Waals surface area contributed by atoms with Crippen LogP contribution in [0.2, 0.25) is 0 Å². The Kier molecular flexibility index (Phi) is 4.41. The van der Waals surface area contributed by atoms with E-state index in [1.165, 1.54) is 13.1 Å². The Bertz CT molecular complexity index is 433. The monoisotopic (exact) mass is 262 g/mol. The Labute approximate surface area is 102 Å². The number of amides is 2. The highest BCUT2D eigenvalue weighted by Crippen LogP contribution is 2.34. The summed E-state index contributed by atoms with van der Waals surface area (Å²) in [6.07, 6.45) is -4.49. The lowest BCUT2D eigenvalue weighted by molar-refractivity contribution is -0.137. The molecule has 0 unspecified atom stereocenters. The van der Waals surface area contributed by atoms with Gasteiger partial charge in [-0.15, -0.1) is 0 Å². The molecular weight excluding hydrogens is 249 g/mol. The summed E-state index contributed by atoms with van der Waals surface area (Å²) in [7, 11) is 1.37. The Morgan fingerprint density at radius 3 is 2.50 bits per heavy atom. The van der Waals surface area contributed by atoms with Crippen molar-refractivity contribution in [3.63, 3.8) is 0 Å². The molecular formula is C11H13F3N2O2. The maximum atomic E-state index is 12.6. The number of rotatable bonds is 3. The van der Waals surface area contributed by atoms with Crippen LogP contribution in [0.5, 0.6) is 5.75 Å². The van der Waals surface area contributed by atoms with Crippen LogP contribution in [0, 0.1) is 0 Å². The van der Waals surface area contributed by atoms with Crippen molar-refractivity contribution < 1.29 is 22.7 Å². The van der Waals surface area contributed by atoms with E-state index in [0.29, 0.717) is 0 Å². The first-order chi connectivity index (χ1) is 8.36. The number of halogens is 3. The number of hydrogen-bond acceptors (Lipinski definition) is 2. The Morgan fingerprint density at radius 2 is 2.00 bits per heavy atom. The van der Waals surface area contributed by atoms with Crippen LogP contribution in [-0.2, 0) is 6.18 Å². The summed E-state index contributed by atoms with van der Waals surface area (Å²) in [6.45, 7) is 1.90. The van der Waals surface area contributed by atoms with Crippen LogP contribution < -0.4 is 15.4 Å². The van der Waals surface area contributed by atoms with E-state index in [4.69, 9.17) is 4.74 Å². The summed E-state index contributed by atoms with van der Waals surface area (Å²) in [5.41, 5.74) is -0.854. The molecule has 1 aromatic carbocycles. The summed E-state index contributed by atoms with van der Waals surface area (Å²) in [4.78, 5) is 11.1. The fourth-order valence-electron chi connectivity index (χ4n) is 1.28. The van der Waals surface area contributed by atoms with E-state index in [2.05, 4.69) is 10.6 Å². The molecule has 100 valence electrons. The van der Waals surface area contributed by atoms with Gasteiger partial charge in [0.1, 0.15) is 5.75 Å². The molecule has 1 rings (SSSR count). The fourth-order valence-corrected chi connectivity index (χ4v) is 1.28. The third-order valence-electron chi connectivity index (χ3n) is 2.03. The van der Waals surface area contributed by atoms with Crippen LogP contribution in [0.25, 0.3) is 0 Å². The minimum absolute atomic E-state index is 0.0209. The van der Waals surface area contributed by atoms with Crippen molar-refractivity contribution >= 4 is 11.7 Å². The summed E-state index contributed by atoms with van der Waals surface area (Å²) in [5.74, 6) is 0.0544. The van der Waals surface area contributed by atoms with Gasteiger partial charge in [0.15, 0.2) is 0 Å². The molecule has 2 amide bonds. The molecule has 18 heavy (non-hydrogen) atoms. The van der Waals surface area contributed by atoms with Gasteiger partial charge < -0.3 is 15.4 Å². The average Bonchev–Trinajstić information content (AvgIpc) is 2.27. The molecule has 2 N–H and O–H groups in total. The number of nitrogens with one attached hydrogen (secondary N) is 2. The van der Waals surface area contributed by atoms with Gasteiger partial charge in [0.2, 0.25) is 0 Å². The zero-order valence-electron chi connectivity index (χ0n) is 9.89. The van der Waals surface area contributed by atoms with Gasteiger partial charge in [-0.1, -0.05) is 0 Å². The van der Waals surface area contributed by atoms with E-state index in [1.807, 2.05) is 0 Å². The average molecular weight is 262 g/mol. The van der Waals surface area contributed by atoms with Crippen LogP contribution in [0.1, 0.15) is 12.5 Å². The number of anilines is 1. The summed E-state index contributed by atoms with van der Waals surface area (Å²) < 4.78 is 42.9. The predicted molar refractivity (Wildman–Crippen MR) is 60.7 cm³/mol. The molecule has 0 aliphatic rings. The highest BCUT2D eigenvalue weighted by molar-refractivity contribution is 5.89. The van der Waals surface area contributed by atoms with Crippen molar-refractivity contribution in [1.82, 2.24) is 5.32 Å². The smallest absolute Gasteiger partial charge is 0.416 e. The maximum Gasteiger partial charge on any atom is 0.416 e. The standard InChI is InChI=1S/C11H13F3N2O2/c1-3-18-9-5-7(11(12,13)14)4-8(6-9)16-10(17)15-2/h4-6H,3H2,1-2H3,(H2,15,16,17). The highest BCUT2D eigenvalue weighted by Gasteiger charge is 2.31. The molecule has 1 aromatic rings. The minimum atomic E-state index is -4.49. The zero-order chi connectivity index (χ0) is 13.8. The van der Waals surface area contributed by atoms with Crippen LogP contribution in [0.4, 0.5) is 23.7 Å². The molecule has 0 aliphatic heterocycles. The van der Waals surface area contributed by atoms with Gasteiger partial charge in [-0.25, -0.2) is 4.79 Å². The lowest BCUT2D eigenvalue weighted by Gasteiger charge is -2.13. The van der Waals surface area contributed by atoms with E-state index in [-0.39, 0.29) is 18.0 Å². The largest absolute Gasteiger partial charge is 0.494 e. The number of benzene rings is 1. The number of ether oxygens (including phenoxy) is 1. The number of carbonyl (C=O) groups excluding carboxylic acids is 1. The van der Waals surface area contributed by atoms with Crippen molar-refractivity contribution in [3.8, 4) is 5.75 Å². The second kappa shape index (κ2) is 5.61. The quantitative estimate of drug-likeness (QED) is 0.880. The second-order valence-electron chi connectivity index (χ2n) is 3.38. The SMILES string of the molecule is CCOc1cc(NC(=O)NC)cc(C(F)(F)F)c1. The van der Waals surface area contributed by atoms with Crippen LogP contribution in [0.3, 0.4) is 0 Å². The first-order valence-electron chi connectivity index (χ1n) is 5.20. The fraction of sp³-hybridized carbons (Fsp3) is 0.364. The van der Waals surface area contributed by atoms with Crippen LogP contribution in [-0.4, -0.2) is 19.7 Å². The summed E-state index contributed by atoms with van der Waals surface area (Å²) in [6, 6.07) is 2.46. The molecule has 0 atom stereocenters. The molecule has 0 spiro atoms. The minimum Gasteiger partial charge on any atom is -0.494 e. The second-order valence-corrected chi connectivity index (χ2v) is 3.38. The molecule has 0 radical (unpaired) electrons. The lowest BCUT2D eigenvalue weighted by Crippen LogP contribution is -2.24. The van der Waals surface area contributed by atoms with Gasteiger partial charge in [-0.3, -0.25) is 0 Å². The maximum absolute atomic E-state index is 12.6. The van der Waals surface area contributed by atoms with Crippen molar-refractivity contribution in [1.29, 1.82) is 0 Å². The van der Waals surface area contributed by atoms with Crippen molar-refractivity contribution in [3.05, 3.63) is 23.8 Å². The zero-order valence-corrected chi connectivity index (χ0v) is 9.89. The topological polar surface area (TPSA) is 50.4 Å². The predicted octanol–water partition coefficient (Wildman–Crippen LogP) is 2.86. The lowest BCUT2D eigenvalue weighted by atomic mass is 10.2. The molecule has 0 fully saturated rings. The van der Waals surface area contributed by atoms with E-state index < -0.39 is 17.8 Å². The van der Waals surface area contributed by atoms with Gasteiger partial charge in [-0.05, 0) is 19.1 Å². The van der Waals surface area contributed by atoms with Gasteiger partial charge in [0, 0.05) is 18.8 Å². The van der Waals surface area contributed by atoms with Crippen LogP contribution in [0.15, 0.2) is 18.2 Å². The van der Waals surface area contributed by atoms with Crippen molar-refractivity contribution in [2.75, 3.05) is 19.0 Å². The van der Waals surface area contributed by atoms with Gasteiger partial charge in [0.05, 0.1) is 12.2 Å². The molecule has 0 bridgehead atoms. The normalized spacial score (nSPS) is 10.9. The van der Waals surface area contributed by atoms with E-state index in [9.17, 15) is 18.0 Å². The number of alkyl halides is 3. The van der Waals surface area contributed by atoms with Crippen molar-refractivity contribution in [2.45, 2.75) is 13.1 Å². The summed E-state index contributed by atoms with van der Waals surface area (Å²) >= 11 is 0. The molecule has 4 nitrogen and oxygen atoms in total. The van der Waals surface area contributed by atoms with Gasteiger partial charge >= 0.3 is 12.2 Å². The van der Waals surface area contributed by atoms with E-state index >= 15 is 0 Å². The number of carbonyl (C=O) groups is 1. The van der Waals surface area contributed by atoms with Gasteiger partial charge in [0.25, 0.3) is 0 Å². The van der Waals surface area contributed by atoms with E-state index in [1.54, 1.807) is 6.92 Å². The molecule has 0 aliphatic carbocycles. The molecule has 0 saturated carbocycles. The van der Waals surface area contributed by atoms with Crippen LogP contribution >= 0.6 is 0 Å². The van der Waals surface area contributed by atoms with Crippen molar-refractivity contribution in [2.24, 2.45) is 0 Å². The number of hydrogen-bond donors (Lipinski definition) is 2. The van der Waals surface area contributed by atoms with Gasteiger partial charge in [-0.2, -0.15) is 13.2 Å². The molecule has 7 heteroatoms. The Balaban J connectivity index is 3.09. The van der Waals surface area contributed by atoms with E-state index in [0.717, 1.165) is 12.1 Å². The number of urea groups is 1. The summed E-state index contributed by atoms with van der Waals surface area (Å²) in [5, 5.41) is 4.52. The molecule has 0 saturated heterocycles. The first-order valence-corrected chi connectivity index (χ1v) is 5.20. The molecule has 0 heterocycles. The Hall–Kier alpha value is -1.92. The Morgan fingerprint density at radius 1 is 1.33 bits per heavy atom. The first kappa shape index (κ1) is 14.1. The third kappa shape index (κ3) is 3.83.